The largest absolute Gasteiger partial charge is 0.436 e. The minimum Gasteiger partial charge on any atom is -0.436 e. The molecule has 2 aromatic rings. The second-order valence-corrected chi connectivity index (χ2v) is 14.1. The predicted octanol–water partition coefficient (Wildman–Crippen LogP) is 5.56. The molecular formula is C36H44F6N6O4. The van der Waals surface area contributed by atoms with E-state index in [9.17, 15) is 40.7 Å². The van der Waals surface area contributed by atoms with Crippen LogP contribution in [0.1, 0.15) is 47.9 Å². The Morgan fingerprint density at radius 3 is 1.98 bits per heavy atom. The molecular weight excluding hydrogens is 694 g/mol. The number of hydrogen-bond acceptors (Lipinski definition) is 6. The number of likely N-dealkylation sites (N-methyl/N-ethyl adjacent to an activating group) is 1. The van der Waals surface area contributed by atoms with E-state index in [4.69, 9.17) is 4.74 Å². The maximum atomic E-state index is 13.9. The maximum Gasteiger partial charge on any atom is 0.416 e. The van der Waals surface area contributed by atoms with Crippen LogP contribution in [0.2, 0.25) is 0 Å². The number of ether oxygens (including phenoxy) is 1. The van der Waals surface area contributed by atoms with Crippen molar-refractivity contribution in [2.75, 3.05) is 71.3 Å². The number of likely N-dealkylation sites (tertiary alicyclic amines) is 2. The van der Waals surface area contributed by atoms with Crippen LogP contribution >= 0.6 is 0 Å². The van der Waals surface area contributed by atoms with Crippen LogP contribution in [0.25, 0.3) is 0 Å². The van der Waals surface area contributed by atoms with Gasteiger partial charge in [0.15, 0.2) is 6.10 Å². The van der Waals surface area contributed by atoms with Gasteiger partial charge in [0.1, 0.15) is 0 Å². The maximum absolute atomic E-state index is 13.9. The van der Waals surface area contributed by atoms with Gasteiger partial charge in [-0.2, -0.15) is 26.3 Å². The van der Waals surface area contributed by atoms with Crippen molar-refractivity contribution >= 4 is 23.7 Å². The van der Waals surface area contributed by atoms with E-state index in [1.54, 1.807) is 4.90 Å². The highest BCUT2D eigenvalue weighted by Crippen LogP contribution is 2.37. The second kappa shape index (κ2) is 15.5. The van der Waals surface area contributed by atoms with Gasteiger partial charge in [0.2, 0.25) is 0 Å². The third-order valence-electron chi connectivity index (χ3n) is 10.7. The lowest BCUT2D eigenvalue weighted by atomic mass is 9.98. The van der Waals surface area contributed by atoms with Gasteiger partial charge in [0.25, 0.3) is 5.91 Å². The van der Waals surface area contributed by atoms with Crippen molar-refractivity contribution < 1.29 is 45.5 Å². The van der Waals surface area contributed by atoms with Crippen molar-refractivity contribution in [3.05, 3.63) is 64.7 Å². The zero-order valence-corrected chi connectivity index (χ0v) is 29.0. The number of carbonyl (C=O) groups excluding carboxylic acids is 3. The molecule has 0 unspecified atom stereocenters. The molecule has 2 aromatic carbocycles. The summed E-state index contributed by atoms with van der Waals surface area (Å²) >= 11 is 0. The standard InChI is InChI=1S/C36H44F6N6O4/c1-44-16-18-45(19-17-44)28-7-11-46(12-8-28)32(49)31(22-24-20-26(35(37,38)39)23-27(21-24)36(40,41)42)52-34(51)47-13-9-29(10-14-47)48-15-6-25-4-2-3-5-30(25)43-33(48)50/h2-5,20-21,23,28-29,31H,6-19,22H2,1H3,(H,43,50)/t31-/m1/s1. The summed E-state index contributed by atoms with van der Waals surface area (Å²) in [6.07, 6.45) is -10.6. The zero-order valence-electron chi connectivity index (χ0n) is 29.0. The van der Waals surface area contributed by atoms with Gasteiger partial charge in [0, 0.05) is 83.1 Å². The summed E-state index contributed by atoms with van der Waals surface area (Å²) in [6.45, 7) is 5.09. The molecule has 3 fully saturated rings. The Balaban J connectivity index is 1.14. The number of fused-ring (bicyclic) bond motifs is 1. The van der Waals surface area contributed by atoms with E-state index in [-0.39, 0.29) is 37.3 Å². The number of amides is 4. The minimum atomic E-state index is -5.07. The van der Waals surface area contributed by atoms with Gasteiger partial charge >= 0.3 is 24.5 Å². The van der Waals surface area contributed by atoms with Crippen molar-refractivity contribution in [3.8, 4) is 0 Å². The number of nitrogens with zero attached hydrogens (tertiary/aromatic N) is 5. The van der Waals surface area contributed by atoms with Crippen LogP contribution in [0, 0.1) is 0 Å². The van der Waals surface area contributed by atoms with E-state index < -0.39 is 53.6 Å². The van der Waals surface area contributed by atoms with Gasteiger partial charge in [-0.1, -0.05) is 18.2 Å². The first-order valence-electron chi connectivity index (χ1n) is 17.8. The number of alkyl halides is 6. The smallest absolute Gasteiger partial charge is 0.416 e. The average molecular weight is 739 g/mol. The first-order valence-corrected chi connectivity index (χ1v) is 17.8. The fraction of sp³-hybridized carbons (Fsp3) is 0.583. The van der Waals surface area contributed by atoms with Crippen LogP contribution < -0.4 is 5.32 Å². The predicted molar refractivity (Wildman–Crippen MR) is 180 cm³/mol. The lowest BCUT2D eigenvalue weighted by molar-refractivity contribution is -0.143. The first kappa shape index (κ1) is 37.7. The van der Waals surface area contributed by atoms with Crippen LogP contribution in [-0.4, -0.2) is 127 Å². The zero-order chi connectivity index (χ0) is 37.2. The normalized spacial score (nSPS) is 21.0. The molecule has 0 aromatic heterocycles. The molecule has 0 aliphatic carbocycles. The van der Waals surface area contributed by atoms with E-state index in [2.05, 4.69) is 22.2 Å². The topological polar surface area (TPSA) is 88.7 Å². The van der Waals surface area contributed by atoms with Crippen molar-refractivity contribution in [2.24, 2.45) is 0 Å². The fourth-order valence-corrected chi connectivity index (χ4v) is 7.67. The molecule has 284 valence electrons. The Bertz CT molecular complexity index is 1570. The van der Waals surface area contributed by atoms with Gasteiger partial charge in [-0.05, 0) is 74.5 Å². The molecule has 4 aliphatic rings. The highest BCUT2D eigenvalue weighted by molar-refractivity contribution is 5.91. The third kappa shape index (κ3) is 8.93. The Kier molecular flexibility index (Phi) is 11.2. The number of rotatable bonds is 6. The molecule has 1 atom stereocenters. The fourth-order valence-electron chi connectivity index (χ4n) is 7.67. The molecule has 6 rings (SSSR count). The molecule has 0 radical (unpaired) electrons. The van der Waals surface area contributed by atoms with Gasteiger partial charge in [-0.25, -0.2) is 9.59 Å². The van der Waals surface area contributed by atoms with Crippen LogP contribution in [-0.2, 0) is 34.7 Å². The van der Waals surface area contributed by atoms with Crippen molar-refractivity contribution in [1.82, 2.24) is 24.5 Å². The molecule has 0 bridgehead atoms. The quantitative estimate of drug-likeness (QED) is 0.391. The molecule has 4 amide bonds. The highest BCUT2D eigenvalue weighted by Gasteiger charge is 2.40. The van der Waals surface area contributed by atoms with Gasteiger partial charge in [-0.15, -0.1) is 0 Å². The van der Waals surface area contributed by atoms with Crippen molar-refractivity contribution in [3.63, 3.8) is 0 Å². The molecule has 52 heavy (non-hydrogen) atoms. The number of nitrogens with one attached hydrogen (secondary N) is 1. The molecule has 10 nitrogen and oxygen atoms in total. The number of benzene rings is 2. The van der Waals surface area contributed by atoms with Crippen LogP contribution in [0.3, 0.4) is 0 Å². The summed E-state index contributed by atoms with van der Waals surface area (Å²) in [6, 6.07) is 8.52. The van der Waals surface area contributed by atoms with Crippen molar-refractivity contribution in [2.45, 2.75) is 69.1 Å². The summed E-state index contributed by atoms with van der Waals surface area (Å²) in [5, 5.41) is 2.94. The van der Waals surface area contributed by atoms with E-state index in [1.165, 1.54) is 9.80 Å². The molecule has 4 aliphatic heterocycles. The summed E-state index contributed by atoms with van der Waals surface area (Å²) in [5.41, 5.74) is -1.68. The number of urea groups is 1. The number of carbonyl (C=O) groups is 3. The number of hydrogen-bond donors (Lipinski definition) is 1. The van der Waals surface area contributed by atoms with Gasteiger partial charge < -0.3 is 29.7 Å². The lowest BCUT2D eigenvalue weighted by Crippen LogP contribution is -2.54. The van der Waals surface area contributed by atoms with E-state index in [1.807, 2.05) is 24.3 Å². The second-order valence-electron chi connectivity index (χ2n) is 14.1. The van der Waals surface area contributed by atoms with Crippen LogP contribution in [0.5, 0.6) is 0 Å². The summed E-state index contributed by atoms with van der Waals surface area (Å²) < 4.78 is 87.9. The van der Waals surface area contributed by atoms with E-state index >= 15 is 0 Å². The number of halogens is 6. The number of piperidine rings is 2. The van der Waals surface area contributed by atoms with Gasteiger partial charge in [0.05, 0.1) is 11.1 Å². The molecule has 0 saturated carbocycles. The average Bonchev–Trinajstić information content (AvgIpc) is 3.28. The number of piperazine rings is 1. The third-order valence-corrected chi connectivity index (χ3v) is 10.7. The Labute approximate surface area is 298 Å². The molecule has 1 N–H and O–H groups in total. The summed E-state index contributed by atoms with van der Waals surface area (Å²) in [4.78, 5) is 49.8. The summed E-state index contributed by atoms with van der Waals surface area (Å²) in [5.74, 6) is -0.660. The van der Waals surface area contributed by atoms with Crippen LogP contribution in [0.4, 0.5) is 41.6 Å². The lowest BCUT2D eigenvalue weighted by Gasteiger charge is -2.42. The first-order chi connectivity index (χ1) is 24.7. The highest BCUT2D eigenvalue weighted by atomic mass is 19.4. The summed E-state index contributed by atoms with van der Waals surface area (Å²) in [7, 11) is 2.05. The molecule has 0 spiro atoms. The minimum absolute atomic E-state index is 0.0306. The molecule has 3 saturated heterocycles. The Morgan fingerprint density at radius 2 is 1.37 bits per heavy atom. The van der Waals surface area contributed by atoms with E-state index in [0.717, 1.165) is 37.4 Å². The SMILES string of the molecule is CN1CCN(C2CCN(C(=O)[C@@H](Cc3cc(C(F)(F)F)cc(C(F)(F)F)c3)OC(=O)N3CCC(N4CCc5ccccc5NC4=O)CC3)CC2)CC1. The number of para-hydroxylation sites is 1. The van der Waals surface area contributed by atoms with Crippen molar-refractivity contribution in [1.29, 1.82) is 0 Å². The Hall–Kier alpha value is -4.05. The van der Waals surface area contributed by atoms with E-state index in [0.29, 0.717) is 63.9 Å². The molecule has 4 heterocycles. The van der Waals surface area contributed by atoms with Crippen LogP contribution in [0.15, 0.2) is 42.5 Å². The molecule has 16 heteroatoms. The number of anilines is 1. The van der Waals surface area contributed by atoms with Gasteiger partial charge in [-0.3, -0.25) is 9.69 Å². The Morgan fingerprint density at radius 1 is 0.788 bits per heavy atom. The monoisotopic (exact) mass is 738 g/mol.